The number of amides is 1. The zero-order chi connectivity index (χ0) is 22.4. The first-order valence-corrected chi connectivity index (χ1v) is 12.0. The first-order valence-electron chi connectivity index (χ1n) is 10.1. The molecule has 0 radical (unpaired) electrons. The Balaban J connectivity index is 1.60. The van der Waals surface area contributed by atoms with Gasteiger partial charge in [-0.25, -0.2) is 8.42 Å². The Hall–Kier alpha value is -2.34. The van der Waals surface area contributed by atoms with Gasteiger partial charge in [0.25, 0.3) is 11.9 Å². The number of halogens is 1. The molecule has 31 heavy (non-hydrogen) atoms. The van der Waals surface area contributed by atoms with Crippen molar-refractivity contribution < 1.29 is 17.6 Å². The van der Waals surface area contributed by atoms with Crippen molar-refractivity contribution in [2.45, 2.75) is 13.3 Å². The number of anilines is 3. The second-order valence-corrected chi connectivity index (χ2v) is 9.59. The molecule has 2 heterocycles. The van der Waals surface area contributed by atoms with E-state index in [4.69, 9.17) is 21.8 Å². The number of carbonyl (C=O) groups excluding carboxylic acids is 1. The first kappa shape index (κ1) is 23.3. The number of nitrogens with two attached hydrogens (primary N) is 1. The topological polar surface area (TPSA) is 134 Å². The summed E-state index contributed by atoms with van der Waals surface area (Å²) in [5.41, 5.74) is 6.71. The van der Waals surface area contributed by atoms with Crippen molar-refractivity contribution in [3.8, 4) is 0 Å². The minimum atomic E-state index is -3.27. The summed E-state index contributed by atoms with van der Waals surface area (Å²) in [6.07, 6.45) is 1.76. The number of nitrogen functional groups attached to an aromatic ring is 1. The summed E-state index contributed by atoms with van der Waals surface area (Å²) in [6.45, 7) is 5.41. The Kier molecular flexibility index (Phi) is 7.76. The number of hydrogen-bond acceptors (Lipinski definition) is 8. The fourth-order valence-electron chi connectivity index (χ4n) is 3.29. The van der Waals surface area contributed by atoms with E-state index < -0.39 is 15.9 Å². The van der Waals surface area contributed by atoms with Gasteiger partial charge in [0, 0.05) is 31.9 Å². The third-order valence-electron chi connectivity index (χ3n) is 4.96. The minimum Gasteiger partial charge on any atom is -0.431 e. The summed E-state index contributed by atoms with van der Waals surface area (Å²) in [5, 5.41) is 6.21. The lowest BCUT2D eigenvalue weighted by Crippen LogP contribution is -2.49. The number of rotatable bonds is 9. The van der Waals surface area contributed by atoms with Crippen LogP contribution < -0.4 is 21.3 Å². The molecule has 1 aliphatic heterocycles. The summed E-state index contributed by atoms with van der Waals surface area (Å²) >= 11 is 6.23. The summed E-state index contributed by atoms with van der Waals surface area (Å²) < 4.78 is 31.5. The van der Waals surface area contributed by atoms with Gasteiger partial charge in [0.15, 0.2) is 5.69 Å². The maximum Gasteiger partial charge on any atom is 0.292 e. The maximum atomic E-state index is 12.5. The molecule has 0 unspecified atom stereocenters. The number of benzene rings is 1. The first-order chi connectivity index (χ1) is 14.8. The highest BCUT2D eigenvalue weighted by atomic mass is 35.5. The number of carbonyl (C=O) groups is 1. The Labute approximate surface area is 186 Å². The number of nitrogens with one attached hydrogen (secondary N) is 2. The predicted molar refractivity (Wildman–Crippen MR) is 121 cm³/mol. The fourth-order valence-corrected chi connectivity index (χ4v) is 4.95. The van der Waals surface area contributed by atoms with Crippen LogP contribution in [0.3, 0.4) is 0 Å². The lowest BCUT2D eigenvalue weighted by atomic mass is 10.2. The normalized spacial score (nSPS) is 15.2. The van der Waals surface area contributed by atoms with Gasteiger partial charge in [-0.3, -0.25) is 4.79 Å². The number of nitrogens with zero attached hydrogens (tertiary/aromatic N) is 3. The van der Waals surface area contributed by atoms with Gasteiger partial charge in [0.05, 0.1) is 16.5 Å². The summed E-state index contributed by atoms with van der Waals surface area (Å²) in [6, 6.07) is 5.18. The lowest BCUT2D eigenvalue weighted by molar-refractivity contribution is 0.102. The van der Waals surface area contributed by atoms with Crippen molar-refractivity contribution in [1.82, 2.24) is 14.6 Å². The largest absolute Gasteiger partial charge is 0.431 e. The van der Waals surface area contributed by atoms with Gasteiger partial charge in [0.1, 0.15) is 6.26 Å². The van der Waals surface area contributed by atoms with Gasteiger partial charge in [0.2, 0.25) is 10.0 Å². The van der Waals surface area contributed by atoms with Gasteiger partial charge in [-0.15, -0.1) is 0 Å². The number of piperazine rings is 1. The number of oxazole rings is 1. The standard InChI is InChI=1S/C19H27ClN6O4S/c1-2-22-6-3-11-31(28,29)26-9-7-25(8-10-26)14-4-5-15(20)16(12-14)23-18(27)17-13-30-19(21)24-17/h4-5,12-13,22H,2-3,6-11H2,1H3,(H2,21,24)(H,23,27). The van der Waals surface area contributed by atoms with E-state index in [2.05, 4.69) is 20.5 Å². The number of hydrogen-bond donors (Lipinski definition) is 3. The molecule has 4 N–H and O–H groups in total. The monoisotopic (exact) mass is 470 g/mol. The molecule has 10 nitrogen and oxygen atoms in total. The van der Waals surface area contributed by atoms with Crippen LogP contribution in [0.15, 0.2) is 28.9 Å². The third-order valence-corrected chi connectivity index (χ3v) is 7.24. The Morgan fingerprint density at radius 2 is 2.03 bits per heavy atom. The van der Waals surface area contributed by atoms with E-state index in [1.165, 1.54) is 6.26 Å². The van der Waals surface area contributed by atoms with Crippen LogP contribution in [0.2, 0.25) is 5.02 Å². The predicted octanol–water partition coefficient (Wildman–Crippen LogP) is 1.61. The molecule has 1 saturated heterocycles. The maximum absolute atomic E-state index is 12.5. The van der Waals surface area contributed by atoms with E-state index in [-0.39, 0.29) is 17.5 Å². The molecule has 170 valence electrons. The van der Waals surface area contributed by atoms with E-state index in [0.717, 1.165) is 12.2 Å². The van der Waals surface area contributed by atoms with Crippen molar-refractivity contribution in [3.63, 3.8) is 0 Å². The molecule has 0 bridgehead atoms. The van der Waals surface area contributed by atoms with E-state index in [0.29, 0.717) is 49.9 Å². The van der Waals surface area contributed by atoms with Gasteiger partial charge in [-0.1, -0.05) is 18.5 Å². The second kappa shape index (κ2) is 10.3. The highest BCUT2D eigenvalue weighted by Gasteiger charge is 2.27. The zero-order valence-corrected chi connectivity index (χ0v) is 18.9. The Bertz CT molecular complexity index is 1000. The molecule has 0 atom stereocenters. The molecule has 2 aromatic rings. The third kappa shape index (κ3) is 6.10. The van der Waals surface area contributed by atoms with Crippen molar-refractivity contribution in [2.75, 3.05) is 61.0 Å². The Morgan fingerprint density at radius 3 is 2.68 bits per heavy atom. The lowest BCUT2D eigenvalue weighted by Gasteiger charge is -2.35. The average molecular weight is 471 g/mol. The molecule has 12 heteroatoms. The molecule has 3 rings (SSSR count). The fraction of sp³-hybridized carbons (Fsp3) is 0.474. The highest BCUT2D eigenvalue weighted by Crippen LogP contribution is 2.29. The van der Waals surface area contributed by atoms with Gasteiger partial charge < -0.3 is 25.7 Å². The highest BCUT2D eigenvalue weighted by molar-refractivity contribution is 7.89. The summed E-state index contributed by atoms with van der Waals surface area (Å²) in [4.78, 5) is 18.2. The van der Waals surface area contributed by atoms with Crippen LogP contribution in [-0.2, 0) is 10.0 Å². The van der Waals surface area contributed by atoms with Crippen LogP contribution in [0.5, 0.6) is 0 Å². The van der Waals surface area contributed by atoms with Gasteiger partial charge >= 0.3 is 0 Å². The van der Waals surface area contributed by atoms with E-state index in [1.807, 2.05) is 13.0 Å². The molecule has 0 aliphatic carbocycles. The summed E-state index contributed by atoms with van der Waals surface area (Å²) in [5.74, 6) is -0.350. The molecular formula is C19H27ClN6O4S. The molecule has 1 aliphatic rings. The SMILES string of the molecule is CCNCCCS(=O)(=O)N1CCN(c2ccc(Cl)c(NC(=O)c3coc(N)n3)c2)CC1. The average Bonchev–Trinajstić information content (AvgIpc) is 3.19. The molecule has 0 saturated carbocycles. The molecule has 1 amide bonds. The van der Waals surface area contributed by atoms with Gasteiger partial charge in [-0.05, 0) is 37.7 Å². The van der Waals surface area contributed by atoms with Crippen LogP contribution in [0.4, 0.5) is 17.4 Å². The Morgan fingerprint density at radius 1 is 1.29 bits per heavy atom. The zero-order valence-electron chi connectivity index (χ0n) is 17.3. The molecule has 0 spiro atoms. The quantitative estimate of drug-likeness (QED) is 0.470. The molecule has 1 aromatic heterocycles. The van der Waals surface area contributed by atoms with Crippen molar-refractivity contribution in [2.24, 2.45) is 0 Å². The van der Waals surface area contributed by atoms with Crippen molar-refractivity contribution >= 4 is 44.9 Å². The van der Waals surface area contributed by atoms with E-state index >= 15 is 0 Å². The van der Waals surface area contributed by atoms with E-state index in [1.54, 1.807) is 16.4 Å². The number of sulfonamides is 1. The molecule has 1 fully saturated rings. The second-order valence-electron chi connectivity index (χ2n) is 7.10. The minimum absolute atomic E-state index is 0.0481. The van der Waals surface area contributed by atoms with Crippen molar-refractivity contribution in [1.29, 1.82) is 0 Å². The molecule has 1 aromatic carbocycles. The smallest absolute Gasteiger partial charge is 0.292 e. The van der Waals surface area contributed by atoms with Crippen LogP contribution in [0, 0.1) is 0 Å². The van der Waals surface area contributed by atoms with Crippen LogP contribution in [-0.4, -0.2) is 68.6 Å². The number of aromatic nitrogens is 1. The van der Waals surface area contributed by atoms with Crippen LogP contribution in [0.25, 0.3) is 0 Å². The van der Waals surface area contributed by atoms with E-state index in [9.17, 15) is 13.2 Å². The van der Waals surface area contributed by atoms with Crippen molar-refractivity contribution in [3.05, 3.63) is 35.2 Å². The van der Waals surface area contributed by atoms with Crippen LogP contribution >= 0.6 is 11.6 Å². The van der Waals surface area contributed by atoms with Crippen LogP contribution in [0.1, 0.15) is 23.8 Å². The summed E-state index contributed by atoms with van der Waals surface area (Å²) in [7, 11) is -3.27. The van der Waals surface area contributed by atoms with Gasteiger partial charge in [-0.2, -0.15) is 9.29 Å². The molecular weight excluding hydrogens is 444 g/mol.